The molecule has 0 fully saturated rings. The summed E-state index contributed by atoms with van der Waals surface area (Å²) in [7, 11) is 0. The number of aromatic nitrogens is 1. The molecule has 3 rings (SSSR count). The molecule has 0 saturated carbocycles. The molecule has 3 N–H and O–H groups in total. The molecule has 1 aromatic heterocycles. The highest BCUT2D eigenvalue weighted by molar-refractivity contribution is 5.93. The topological polar surface area (TPSA) is 83.5 Å². The molecule has 6 heteroatoms. The molecule has 0 aliphatic carbocycles. The van der Waals surface area contributed by atoms with Gasteiger partial charge in [0.15, 0.2) is 0 Å². The molecule has 6 nitrogen and oxygen atoms in total. The van der Waals surface area contributed by atoms with Gasteiger partial charge in [0, 0.05) is 31.4 Å². The predicted molar refractivity (Wildman–Crippen MR) is 99.1 cm³/mol. The van der Waals surface area contributed by atoms with Crippen LogP contribution in [0.15, 0.2) is 42.6 Å². The summed E-state index contributed by atoms with van der Waals surface area (Å²) in [5.41, 5.74) is 2.94. The first-order chi connectivity index (χ1) is 12.5. The SMILES string of the molecule is CC(C)Oc1ccc(C(=O)NCC(O)[C@@H]2Cc3ccccc3CN2)cn1. The Balaban J connectivity index is 1.51. The van der Waals surface area contributed by atoms with E-state index in [1.54, 1.807) is 12.1 Å². The fourth-order valence-corrected chi connectivity index (χ4v) is 3.02. The van der Waals surface area contributed by atoms with Crippen LogP contribution in [0.3, 0.4) is 0 Å². The first kappa shape index (κ1) is 18.4. The lowest BCUT2D eigenvalue weighted by atomic mass is 9.93. The van der Waals surface area contributed by atoms with Gasteiger partial charge in [0.05, 0.1) is 17.8 Å². The van der Waals surface area contributed by atoms with Gasteiger partial charge in [0.1, 0.15) is 0 Å². The van der Waals surface area contributed by atoms with Crippen molar-refractivity contribution in [1.82, 2.24) is 15.6 Å². The van der Waals surface area contributed by atoms with Crippen molar-refractivity contribution in [2.45, 2.75) is 45.1 Å². The zero-order valence-electron chi connectivity index (χ0n) is 15.1. The quantitative estimate of drug-likeness (QED) is 0.734. The standard InChI is InChI=1S/C20H25N3O3/c1-13(2)26-19-8-7-16(11-22-19)20(25)23-12-18(24)17-9-14-5-3-4-6-15(14)10-21-17/h3-8,11,13,17-18,21,24H,9-10,12H2,1-2H3,(H,23,25)/t17-,18?/m0/s1. The first-order valence-corrected chi connectivity index (χ1v) is 8.92. The Kier molecular flexibility index (Phi) is 5.85. The lowest BCUT2D eigenvalue weighted by molar-refractivity contribution is 0.0869. The molecule has 2 heterocycles. The van der Waals surface area contributed by atoms with Gasteiger partial charge in [-0.1, -0.05) is 24.3 Å². The van der Waals surface area contributed by atoms with Crippen LogP contribution < -0.4 is 15.4 Å². The van der Waals surface area contributed by atoms with Crippen molar-refractivity contribution < 1.29 is 14.6 Å². The Morgan fingerprint density at radius 2 is 2.08 bits per heavy atom. The van der Waals surface area contributed by atoms with E-state index in [-0.39, 0.29) is 24.6 Å². The molecule has 26 heavy (non-hydrogen) atoms. The Hall–Kier alpha value is -2.44. The smallest absolute Gasteiger partial charge is 0.252 e. The van der Waals surface area contributed by atoms with Gasteiger partial charge in [-0.15, -0.1) is 0 Å². The molecule has 0 bridgehead atoms. The van der Waals surface area contributed by atoms with E-state index in [4.69, 9.17) is 4.74 Å². The number of hydrogen-bond donors (Lipinski definition) is 3. The molecule has 1 unspecified atom stereocenters. The van der Waals surface area contributed by atoms with Crippen molar-refractivity contribution in [3.63, 3.8) is 0 Å². The number of fused-ring (bicyclic) bond motifs is 1. The minimum atomic E-state index is -0.663. The summed E-state index contributed by atoms with van der Waals surface area (Å²) < 4.78 is 5.46. The number of hydrogen-bond acceptors (Lipinski definition) is 5. The fourth-order valence-electron chi connectivity index (χ4n) is 3.02. The maximum Gasteiger partial charge on any atom is 0.252 e. The molecular weight excluding hydrogens is 330 g/mol. The van der Waals surface area contributed by atoms with E-state index >= 15 is 0 Å². The predicted octanol–water partition coefficient (Wildman–Crippen LogP) is 1.67. The number of carbonyl (C=O) groups is 1. The van der Waals surface area contributed by atoms with Crippen LogP contribution >= 0.6 is 0 Å². The van der Waals surface area contributed by atoms with E-state index in [1.807, 2.05) is 26.0 Å². The van der Waals surface area contributed by atoms with E-state index in [0.29, 0.717) is 11.4 Å². The molecular formula is C20H25N3O3. The zero-order chi connectivity index (χ0) is 18.5. The lowest BCUT2D eigenvalue weighted by Gasteiger charge is -2.30. The summed E-state index contributed by atoms with van der Waals surface area (Å²) in [5, 5.41) is 16.5. The Bertz CT molecular complexity index is 746. The molecule has 1 amide bonds. The largest absolute Gasteiger partial charge is 0.475 e. The number of aliphatic hydroxyl groups excluding tert-OH is 1. The van der Waals surface area contributed by atoms with E-state index in [2.05, 4.69) is 27.8 Å². The average Bonchev–Trinajstić information content (AvgIpc) is 2.65. The van der Waals surface area contributed by atoms with Gasteiger partial charge in [-0.3, -0.25) is 4.79 Å². The third-order valence-electron chi connectivity index (χ3n) is 4.40. The summed E-state index contributed by atoms with van der Waals surface area (Å²) in [6.07, 6.45) is 1.60. The third kappa shape index (κ3) is 4.59. The maximum absolute atomic E-state index is 12.2. The van der Waals surface area contributed by atoms with E-state index in [0.717, 1.165) is 13.0 Å². The van der Waals surface area contributed by atoms with Crippen LogP contribution in [-0.4, -0.2) is 40.8 Å². The highest BCUT2D eigenvalue weighted by Gasteiger charge is 2.24. The van der Waals surface area contributed by atoms with E-state index in [9.17, 15) is 9.90 Å². The molecule has 1 aliphatic heterocycles. The molecule has 1 aliphatic rings. The Morgan fingerprint density at radius 3 is 2.77 bits per heavy atom. The minimum Gasteiger partial charge on any atom is -0.475 e. The number of carbonyl (C=O) groups excluding carboxylic acids is 1. The first-order valence-electron chi connectivity index (χ1n) is 8.92. The van der Waals surface area contributed by atoms with Crippen LogP contribution in [0.5, 0.6) is 5.88 Å². The van der Waals surface area contributed by atoms with Crippen LogP contribution in [0, 0.1) is 0 Å². The lowest BCUT2D eigenvalue weighted by Crippen LogP contribution is -2.49. The maximum atomic E-state index is 12.2. The summed E-state index contributed by atoms with van der Waals surface area (Å²) >= 11 is 0. The number of ether oxygens (including phenoxy) is 1. The number of amides is 1. The van der Waals surface area contributed by atoms with Gasteiger partial charge >= 0.3 is 0 Å². The summed E-state index contributed by atoms with van der Waals surface area (Å²) in [6, 6.07) is 11.5. The summed E-state index contributed by atoms with van der Waals surface area (Å²) in [6.45, 7) is 4.75. The number of nitrogens with zero attached hydrogens (tertiary/aromatic N) is 1. The van der Waals surface area contributed by atoms with Crippen molar-refractivity contribution in [1.29, 1.82) is 0 Å². The van der Waals surface area contributed by atoms with Crippen LogP contribution in [-0.2, 0) is 13.0 Å². The average molecular weight is 355 g/mol. The minimum absolute atomic E-state index is 0.0328. The highest BCUT2D eigenvalue weighted by atomic mass is 16.5. The van der Waals surface area contributed by atoms with Crippen LogP contribution in [0.4, 0.5) is 0 Å². The number of aliphatic hydroxyl groups is 1. The number of benzene rings is 1. The van der Waals surface area contributed by atoms with Crippen molar-refractivity contribution >= 4 is 5.91 Å². The fraction of sp³-hybridized carbons (Fsp3) is 0.400. The second kappa shape index (κ2) is 8.29. The molecule has 138 valence electrons. The zero-order valence-corrected chi connectivity index (χ0v) is 15.1. The van der Waals surface area contributed by atoms with Gasteiger partial charge in [0.2, 0.25) is 5.88 Å². The number of pyridine rings is 1. The second-order valence-corrected chi connectivity index (χ2v) is 6.79. The van der Waals surface area contributed by atoms with E-state index in [1.165, 1.54) is 17.3 Å². The third-order valence-corrected chi connectivity index (χ3v) is 4.40. The molecule has 2 atom stereocenters. The van der Waals surface area contributed by atoms with Crippen LogP contribution in [0.1, 0.15) is 35.3 Å². The molecule has 1 aromatic carbocycles. The van der Waals surface area contributed by atoms with Crippen molar-refractivity contribution in [2.75, 3.05) is 6.54 Å². The Morgan fingerprint density at radius 1 is 1.31 bits per heavy atom. The van der Waals surface area contributed by atoms with Gasteiger partial charge in [-0.25, -0.2) is 4.98 Å². The highest BCUT2D eigenvalue weighted by Crippen LogP contribution is 2.17. The van der Waals surface area contributed by atoms with Gasteiger partial charge in [-0.2, -0.15) is 0 Å². The molecule has 0 spiro atoms. The van der Waals surface area contributed by atoms with Crippen LogP contribution in [0.25, 0.3) is 0 Å². The second-order valence-electron chi connectivity index (χ2n) is 6.79. The monoisotopic (exact) mass is 355 g/mol. The molecule has 0 saturated heterocycles. The molecule has 2 aromatic rings. The summed E-state index contributed by atoms with van der Waals surface area (Å²) in [5.74, 6) is 0.227. The normalized spacial score (nSPS) is 17.5. The summed E-state index contributed by atoms with van der Waals surface area (Å²) in [4.78, 5) is 16.4. The van der Waals surface area contributed by atoms with Crippen molar-refractivity contribution in [3.05, 3.63) is 59.3 Å². The van der Waals surface area contributed by atoms with Gasteiger partial charge in [-0.05, 0) is 37.5 Å². The van der Waals surface area contributed by atoms with Crippen LogP contribution in [0.2, 0.25) is 0 Å². The van der Waals surface area contributed by atoms with E-state index < -0.39 is 6.10 Å². The van der Waals surface area contributed by atoms with Crippen molar-refractivity contribution in [3.8, 4) is 5.88 Å². The van der Waals surface area contributed by atoms with Gasteiger partial charge < -0.3 is 20.5 Å². The number of nitrogens with one attached hydrogen (secondary N) is 2. The van der Waals surface area contributed by atoms with Crippen molar-refractivity contribution in [2.24, 2.45) is 0 Å². The number of rotatable bonds is 6. The molecule has 0 radical (unpaired) electrons. The Labute approximate surface area is 153 Å². The van der Waals surface area contributed by atoms with Gasteiger partial charge in [0.25, 0.3) is 5.91 Å².